The molecule has 0 aromatic rings. The highest BCUT2D eigenvalue weighted by Crippen LogP contribution is 2.05. The van der Waals surface area contributed by atoms with E-state index in [9.17, 15) is 8.42 Å². The topological polar surface area (TPSA) is 37.4 Å². The van der Waals surface area contributed by atoms with Crippen molar-refractivity contribution >= 4 is 26.2 Å². The maximum atomic E-state index is 10.8. The minimum atomic E-state index is -3.00. The molecule has 0 spiro atoms. The lowest BCUT2D eigenvalue weighted by molar-refractivity contribution is 0.555. The van der Waals surface area contributed by atoms with Gasteiger partial charge in [0.2, 0.25) is 10.0 Å². The van der Waals surface area contributed by atoms with Gasteiger partial charge in [0, 0.05) is 22.7 Å². The lowest BCUT2D eigenvalue weighted by atomic mass is 10.8. The first-order valence-corrected chi connectivity index (χ1v) is 5.02. The molecule has 0 amide bonds. The van der Waals surface area contributed by atoms with Crippen molar-refractivity contribution in [3.63, 3.8) is 0 Å². The van der Waals surface area contributed by atoms with Gasteiger partial charge in [0.15, 0.2) is 0 Å². The van der Waals surface area contributed by atoms with Crippen LogP contribution in [0.5, 0.6) is 0 Å². The molecule has 0 atom stereocenters. The summed E-state index contributed by atoms with van der Waals surface area (Å²) in [6.45, 7) is 3.84. The number of halogens is 1. The fraction of sp³-hybridized carbons (Fsp3) is 1.00. The highest BCUT2D eigenvalue weighted by Gasteiger charge is 2.13. The van der Waals surface area contributed by atoms with E-state index in [2.05, 4.69) is 16.1 Å². The summed E-state index contributed by atoms with van der Waals surface area (Å²) in [5.41, 5.74) is 0. The lowest BCUT2D eigenvalue weighted by Gasteiger charge is -2.08. The van der Waals surface area contributed by atoms with Gasteiger partial charge in [0.05, 0.1) is 5.75 Å². The first-order valence-electron chi connectivity index (χ1n) is 2.70. The monoisotopic (exact) mass is 215 g/mol. The van der Waals surface area contributed by atoms with Crippen LogP contribution in [0, 0.1) is 0 Å². The number of nitrogens with zero attached hydrogens (tertiary/aromatic N) is 1. The maximum absolute atomic E-state index is 10.8. The van der Waals surface area contributed by atoms with Gasteiger partial charge in [-0.15, -0.1) is 3.33 Å². The Morgan fingerprint density at radius 3 is 2.00 bits per heavy atom. The van der Waals surface area contributed by atoms with Crippen LogP contribution in [0.4, 0.5) is 0 Å². The van der Waals surface area contributed by atoms with Gasteiger partial charge in [0.25, 0.3) is 0 Å². The normalized spacial score (nSPS) is 12.4. The van der Waals surface area contributed by atoms with E-state index in [1.54, 1.807) is 13.8 Å². The summed E-state index contributed by atoms with van der Waals surface area (Å²) in [5, 5.41) is 0. The van der Waals surface area contributed by atoms with E-state index in [1.807, 2.05) is 0 Å². The maximum Gasteiger partial charge on any atom is 0.223 e. The fourth-order valence-corrected chi connectivity index (χ4v) is 1.62. The number of rotatable bonds is 3. The summed E-state index contributed by atoms with van der Waals surface area (Å²) in [6, 6.07) is 0. The molecular weight excluding hydrogens is 206 g/mol. The van der Waals surface area contributed by atoms with Crippen molar-refractivity contribution < 1.29 is 8.42 Å². The molecule has 0 radical (unpaired) electrons. The van der Waals surface area contributed by atoms with Crippen molar-refractivity contribution in [2.75, 3.05) is 12.3 Å². The Morgan fingerprint density at radius 2 is 1.89 bits per heavy atom. The van der Waals surface area contributed by atoms with Gasteiger partial charge in [-0.3, -0.25) is 0 Å². The van der Waals surface area contributed by atoms with E-state index in [0.717, 1.165) is 3.33 Å². The Hall–Kier alpha value is 0.390. The van der Waals surface area contributed by atoms with Gasteiger partial charge in [-0.2, -0.15) is 0 Å². The summed E-state index contributed by atoms with van der Waals surface area (Å²) >= 11 is 2.90. The Morgan fingerprint density at radius 1 is 1.44 bits per heavy atom. The zero-order valence-corrected chi connectivity index (χ0v) is 7.87. The summed E-state index contributed by atoms with van der Waals surface area (Å²) in [5.74, 6) is 0.145. The van der Waals surface area contributed by atoms with Gasteiger partial charge in [-0.05, 0) is 6.92 Å². The van der Waals surface area contributed by atoms with E-state index < -0.39 is 10.0 Å². The third-order valence-electron chi connectivity index (χ3n) is 0.915. The van der Waals surface area contributed by atoms with Crippen molar-refractivity contribution in [2.45, 2.75) is 13.8 Å². The largest absolute Gasteiger partial charge is 0.223 e. The van der Waals surface area contributed by atoms with Gasteiger partial charge in [-0.1, -0.05) is 6.92 Å². The van der Waals surface area contributed by atoms with Crippen molar-refractivity contribution in [1.29, 1.82) is 0 Å². The third kappa shape index (κ3) is 2.64. The molecule has 56 valence electrons. The molecule has 5 heteroatoms. The SMILES string of the molecule is CCN(Br)S(=O)(=O)CC. The molecule has 0 aliphatic carbocycles. The zero-order valence-electron chi connectivity index (χ0n) is 5.46. The predicted molar refractivity (Wildman–Crippen MR) is 40.8 cm³/mol. The molecule has 3 nitrogen and oxygen atoms in total. The van der Waals surface area contributed by atoms with E-state index >= 15 is 0 Å². The van der Waals surface area contributed by atoms with E-state index in [0.29, 0.717) is 6.54 Å². The molecule has 9 heavy (non-hydrogen) atoms. The first kappa shape index (κ1) is 9.39. The second-order valence-corrected chi connectivity index (χ2v) is 5.01. The molecule has 0 aliphatic heterocycles. The van der Waals surface area contributed by atoms with E-state index in [1.165, 1.54) is 0 Å². The van der Waals surface area contributed by atoms with E-state index in [-0.39, 0.29) is 5.75 Å². The van der Waals surface area contributed by atoms with Crippen molar-refractivity contribution in [3.05, 3.63) is 0 Å². The minimum absolute atomic E-state index is 0.145. The highest BCUT2D eigenvalue weighted by atomic mass is 79.9. The van der Waals surface area contributed by atoms with Gasteiger partial charge >= 0.3 is 0 Å². The fourth-order valence-electron chi connectivity index (χ4n) is 0.337. The van der Waals surface area contributed by atoms with Gasteiger partial charge in [-0.25, -0.2) is 8.42 Å². The first-order chi connectivity index (χ1) is 4.04. The predicted octanol–water partition coefficient (Wildman–Crippen LogP) is 0.968. The second-order valence-electron chi connectivity index (χ2n) is 1.50. The van der Waals surface area contributed by atoms with Crippen LogP contribution in [0.15, 0.2) is 0 Å². The van der Waals surface area contributed by atoms with Crippen molar-refractivity contribution in [2.24, 2.45) is 0 Å². The number of sulfonamides is 1. The zero-order chi connectivity index (χ0) is 7.49. The average molecular weight is 216 g/mol. The molecular formula is C4H10BrNO2S. The molecule has 0 fully saturated rings. The molecule has 0 saturated carbocycles. The van der Waals surface area contributed by atoms with Crippen LogP contribution in [0.2, 0.25) is 0 Å². The summed E-state index contributed by atoms with van der Waals surface area (Å²) < 4.78 is 22.8. The molecule has 0 bridgehead atoms. The summed E-state index contributed by atoms with van der Waals surface area (Å²) in [4.78, 5) is 0. The van der Waals surface area contributed by atoms with Gasteiger partial charge in [0.1, 0.15) is 0 Å². The minimum Gasteiger partial charge on any atom is -0.211 e. The molecule has 0 rings (SSSR count). The molecule has 0 aliphatic rings. The summed E-state index contributed by atoms with van der Waals surface area (Å²) in [6.07, 6.45) is 0. The smallest absolute Gasteiger partial charge is 0.211 e. The van der Waals surface area contributed by atoms with E-state index in [4.69, 9.17) is 0 Å². The highest BCUT2D eigenvalue weighted by molar-refractivity contribution is 9.08. The Kier molecular flexibility index (Phi) is 3.68. The van der Waals surface area contributed by atoms with Crippen LogP contribution in [0.1, 0.15) is 13.8 Å². The van der Waals surface area contributed by atoms with Crippen LogP contribution >= 0.6 is 16.1 Å². The molecule has 0 aromatic carbocycles. The molecule has 0 heterocycles. The van der Waals surface area contributed by atoms with Crippen molar-refractivity contribution in [1.82, 2.24) is 3.33 Å². The quantitative estimate of drug-likeness (QED) is 0.659. The summed E-state index contributed by atoms with van der Waals surface area (Å²) in [7, 11) is -3.00. The Bertz CT molecular complexity index is 165. The average Bonchev–Trinajstić information content (AvgIpc) is 1.86. The third-order valence-corrected chi connectivity index (χ3v) is 4.33. The molecule has 0 aromatic heterocycles. The van der Waals surface area contributed by atoms with Crippen LogP contribution < -0.4 is 0 Å². The second kappa shape index (κ2) is 3.53. The van der Waals surface area contributed by atoms with Crippen LogP contribution in [0.25, 0.3) is 0 Å². The van der Waals surface area contributed by atoms with Crippen LogP contribution in [-0.2, 0) is 10.0 Å². The number of hydrogen-bond acceptors (Lipinski definition) is 2. The van der Waals surface area contributed by atoms with Gasteiger partial charge < -0.3 is 0 Å². The molecule has 0 saturated heterocycles. The van der Waals surface area contributed by atoms with Crippen LogP contribution in [0.3, 0.4) is 0 Å². The number of hydrogen-bond donors (Lipinski definition) is 0. The molecule has 0 unspecified atom stereocenters. The standard InChI is InChI=1S/C4H10BrNO2S/c1-3-6(5)9(7,8)4-2/h3-4H2,1-2H3. The lowest BCUT2D eigenvalue weighted by Crippen LogP contribution is -2.22. The Balaban J connectivity index is 4.17. The molecule has 0 N–H and O–H groups in total. The Labute approximate surface area is 64.4 Å². The van der Waals surface area contributed by atoms with Crippen molar-refractivity contribution in [3.8, 4) is 0 Å². The van der Waals surface area contributed by atoms with Crippen LogP contribution in [-0.4, -0.2) is 24.0 Å².